The lowest BCUT2D eigenvalue weighted by Crippen LogP contribution is -2.39. The van der Waals surface area contributed by atoms with Crippen LogP contribution in [0.5, 0.6) is 0 Å². The Morgan fingerprint density at radius 2 is 1.82 bits per heavy atom. The summed E-state index contributed by atoms with van der Waals surface area (Å²) in [5.74, 6) is 0.607. The van der Waals surface area contributed by atoms with Crippen molar-refractivity contribution in [2.24, 2.45) is 0 Å². The van der Waals surface area contributed by atoms with Gasteiger partial charge in [-0.3, -0.25) is 4.79 Å². The largest absolute Gasteiger partial charge is 0.331 e. The van der Waals surface area contributed by atoms with Crippen molar-refractivity contribution in [2.75, 3.05) is 24.5 Å². The Morgan fingerprint density at radius 3 is 2.50 bits per heavy atom. The van der Waals surface area contributed by atoms with Crippen molar-refractivity contribution in [3.8, 4) is 0 Å². The second kappa shape index (κ2) is 8.05. The van der Waals surface area contributed by atoms with Gasteiger partial charge in [0, 0.05) is 37.7 Å². The average Bonchev–Trinajstić information content (AvgIpc) is 3.38. The van der Waals surface area contributed by atoms with Gasteiger partial charge in [-0.2, -0.15) is 0 Å². The first-order valence-corrected chi connectivity index (χ1v) is 10.1. The molecule has 2 aromatic carbocycles. The second-order valence-electron chi connectivity index (χ2n) is 7.75. The topological polar surface area (TPSA) is 52.7 Å². The maximum absolute atomic E-state index is 12.7. The number of nitrogens with zero attached hydrogens (tertiary/aromatic N) is 2. The first-order valence-electron chi connectivity index (χ1n) is 10.1. The number of carbonyl (C=O) groups is 2. The van der Waals surface area contributed by atoms with Crippen LogP contribution in [0, 0.1) is 0 Å². The first kappa shape index (κ1) is 18.5. The van der Waals surface area contributed by atoms with E-state index >= 15 is 0 Å². The van der Waals surface area contributed by atoms with E-state index in [4.69, 9.17) is 0 Å². The van der Waals surface area contributed by atoms with E-state index in [1.165, 1.54) is 5.56 Å². The average molecular weight is 377 g/mol. The van der Waals surface area contributed by atoms with Gasteiger partial charge in [0.25, 0.3) is 0 Å². The highest BCUT2D eigenvalue weighted by Crippen LogP contribution is 2.28. The zero-order chi connectivity index (χ0) is 19.5. The molecule has 2 atom stereocenters. The summed E-state index contributed by atoms with van der Waals surface area (Å²) >= 11 is 0. The van der Waals surface area contributed by atoms with Crippen LogP contribution in [-0.2, 0) is 4.79 Å². The normalized spacial score (nSPS) is 20.5. The number of likely N-dealkylation sites (tertiary alicyclic amines) is 1. The quantitative estimate of drug-likeness (QED) is 0.873. The molecule has 4 rings (SSSR count). The fraction of sp³-hybridized carbons (Fsp3) is 0.391. The molecule has 0 saturated carbocycles. The molecule has 0 radical (unpaired) electrons. The lowest BCUT2D eigenvalue weighted by atomic mass is 9.99. The molecule has 2 aromatic rings. The van der Waals surface area contributed by atoms with E-state index in [9.17, 15) is 9.59 Å². The summed E-state index contributed by atoms with van der Waals surface area (Å²) in [5.41, 5.74) is 3.29. The molecular weight excluding hydrogens is 350 g/mol. The van der Waals surface area contributed by atoms with E-state index in [-0.39, 0.29) is 18.0 Å². The number of anilines is 1. The van der Waals surface area contributed by atoms with Gasteiger partial charge in [-0.1, -0.05) is 42.5 Å². The number of nitrogens with one attached hydrogen (secondary N) is 1. The standard InChI is InChI=1S/C23H27N3O2/c1-17(18-9-11-21(12-10-18)26-14-5-8-22(26)27)24-23(28)25-15-13-20(16-25)19-6-3-2-4-7-19/h2-4,6-7,9-12,17,20H,5,8,13-16H2,1H3,(H,24,28). The van der Waals surface area contributed by atoms with Gasteiger partial charge in [-0.05, 0) is 43.0 Å². The molecule has 0 aromatic heterocycles. The fourth-order valence-electron chi connectivity index (χ4n) is 4.17. The molecule has 1 N–H and O–H groups in total. The van der Waals surface area contributed by atoms with E-state index in [1.807, 2.05) is 47.1 Å². The predicted molar refractivity (Wildman–Crippen MR) is 110 cm³/mol. The van der Waals surface area contributed by atoms with Gasteiger partial charge in [-0.25, -0.2) is 4.79 Å². The van der Waals surface area contributed by atoms with Gasteiger partial charge in [0.05, 0.1) is 6.04 Å². The predicted octanol–water partition coefficient (Wildman–Crippen LogP) is 4.07. The van der Waals surface area contributed by atoms with Crippen molar-refractivity contribution in [3.63, 3.8) is 0 Å². The molecular formula is C23H27N3O2. The number of rotatable bonds is 4. The fourth-order valence-corrected chi connectivity index (χ4v) is 4.17. The van der Waals surface area contributed by atoms with Gasteiger partial charge < -0.3 is 15.1 Å². The summed E-state index contributed by atoms with van der Waals surface area (Å²) in [5, 5.41) is 3.11. The van der Waals surface area contributed by atoms with E-state index < -0.39 is 0 Å². The SMILES string of the molecule is CC(NC(=O)N1CCC(c2ccccc2)C1)c1ccc(N2CCCC2=O)cc1. The lowest BCUT2D eigenvalue weighted by molar-refractivity contribution is -0.117. The van der Waals surface area contributed by atoms with Gasteiger partial charge in [0.15, 0.2) is 0 Å². The van der Waals surface area contributed by atoms with Crippen molar-refractivity contribution in [3.05, 3.63) is 65.7 Å². The summed E-state index contributed by atoms with van der Waals surface area (Å²) in [4.78, 5) is 28.3. The van der Waals surface area contributed by atoms with Crippen molar-refractivity contribution in [1.29, 1.82) is 0 Å². The molecule has 2 saturated heterocycles. The Hall–Kier alpha value is -2.82. The number of carbonyl (C=O) groups excluding carboxylic acids is 2. The van der Waals surface area contributed by atoms with E-state index in [2.05, 4.69) is 29.6 Å². The maximum atomic E-state index is 12.7. The van der Waals surface area contributed by atoms with Gasteiger partial charge in [0.2, 0.25) is 5.91 Å². The smallest absolute Gasteiger partial charge is 0.317 e. The van der Waals surface area contributed by atoms with Crippen molar-refractivity contribution >= 4 is 17.6 Å². The van der Waals surface area contributed by atoms with E-state index in [0.29, 0.717) is 12.3 Å². The third-order valence-electron chi connectivity index (χ3n) is 5.86. The van der Waals surface area contributed by atoms with Crippen LogP contribution >= 0.6 is 0 Å². The monoisotopic (exact) mass is 377 g/mol. The molecule has 146 valence electrons. The summed E-state index contributed by atoms with van der Waals surface area (Å²) in [6.45, 7) is 4.34. The lowest BCUT2D eigenvalue weighted by Gasteiger charge is -2.22. The molecule has 5 nitrogen and oxygen atoms in total. The highest BCUT2D eigenvalue weighted by atomic mass is 16.2. The Bertz CT molecular complexity index is 835. The van der Waals surface area contributed by atoms with Crippen LogP contribution in [-0.4, -0.2) is 36.5 Å². The van der Waals surface area contributed by atoms with Crippen LogP contribution in [0.4, 0.5) is 10.5 Å². The molecule has 2 aliphatic rings. The Labute approximate surface area is 166 Å². The summed E-state index contributed by atoms with van der Waals surface area (Å²) in [6, 6.07) is 18.3. The van der Waals surface area contributed by atoms with Crippen LogP contribution < -0.4 is 10.2 Å². The third-order valence-corrected chi connectivity index (χ3v) is 5.86. The molecule has 28 heavy (non-hydrogen) atoms. The van der Waals surface area contributed by atoms with Crippen LogP contribution in [0.1, 0.15) is 49.3 Å². The third kappa shape index (κ3) is 3.88. The van der Waals surface area contributed by atoms with E-state index in [1.54, 1.807) is 0 Å². The summed E-state index contributed by atoms with van der Waals surface area (Å²) in [7, 11) is 0. The van der Waals surface area contributed by atoms with Crippen molar-refractivity contribution in [2.45, 2.75) is 38.1 Å². The number of urea groups is 1. The zero-order valence-electron chi connectivity index (χ0n) is 16.3. The van der Waals surface area contributed by atoms with Gasteiger partial charge in [0.1, 0.15) is 0 Å². The van der Waals surface area contributed by atoms with Crippen LogP contribution in [0.15, 0.2) is 54.6 Å². The van der Waals surface area contributed by atoms with Gasteiger partial charge >= 0.3 is 6.03 Å². The summed E-state index contributed by atoms with van der Waals surface area (Å²) in [6.07, 6.45) is 2.56. The molecule has 0 spiro atoms. The zero-order valence-corrected chi connectivity index (χ0v) is 16.3. The van der Waals surface area contributed by atoms with Gasteiger partial charge in [-0.15, -0.1) is 0 Å². The number of hydrogen-bond donors (Lipinski definition) is 1. The highest BCUT2D eigenvalue weighted by Gasteiger charge is 2.28. The molecule has 5 heteroatoms. The molecule has 2 unspecified atom stereocenters. The molecule has 2 heterocycles. The Balaban J connectivity index is 1.34. The van der Waals surface area contributed by atoms with Crippen LogP contribution in [0.25, 0.3) is 0 Å². The minimum atomic E-state index is -0.0772. The molecule has 0 bridgehead atoms. The van der Waals surface area contributed by atoms with Crippen LogP contribution in [0.2, 0.25) is 0 Å². The Morgan fingerprint density at radius 1 is 1.07 bits per heavy atom. The minimum absolute atomic E-state index is 0.00951. The molecule has 0 aliphatic carbocycles. The first-order chi connectivity index (χ1) is 13.6. The molecule has 3 amide bonds. The number of amides is 3. The molecule has 2 aliphatic heterocycles. The minimum Gasteiger partial charge on any atom is -0.331 e. The summed E-state index contributed by atoms with van der Waals surface area (Å²) < 4.78 is 0. The second-order valence-corrected chi connectivity index (χ2v) is 7.75. The number of benzene rings is 2. The van der Waals surface area contributed by atoms with Crippen molar-refractivity contribution < 1.29 is 9.59 Å². The molecule has 2 fully saturated rings. The highest BCUT2D eigenvalue weighted by molar-refractivity contribution is 5.95. The maximum Gasteiger partial charge on any atom is 0.317 e. The van der Waals surface area contributed by atoms with E-state index in [0.717, 1.165) is 43.7 Å². The van der Waals surface area contributed by atoms with Crippen molar-refractivity contribution in [1.82, 2.24) is 10.2 Å². The van der Waals surface area contributed by atoms with Crippen LogP contribution in [0.3, 0.4) is 0 Å². The number of hydrogen-bond acceptors (Lipinski definition) is 2. The Kier molecular flexibility index (Phi) is 5.33.